The molecular formula is C17H17BrN2O. The van der Waals surface area contributed by atoms with Gasteiger partial charge in [-0.2, -0.15) is 5.26 Å². The van der Waals surface area contributed by atoms with Gasteiger partial charge in [0.1, 0.15) is 5.75 Å². The van der Waals surface area contributed by atoms with Crippen LogP contribution >= 0.6 is 15.9 Å². The molecule has 0 heterocycles. The van der Waals surface area contributed by atoms with E-state index >= 15 is 0 Å². The number of nitrogens with one attached hydrogen (secondary N) is 1. The normalized spacial score (nSPS) is 11.5. The molecule has 0 saturated carbocycles. The third kappa shape index (κ3) is 4.51. The fourth-order valence-corrected chi connectivity index (χ4v) is 2.35. The van der Waals surface area contributed by atoms with Crippen molar-refractivity contribution >= 4 is 27.3 Å². The van der Waals surface area contributed by atoms with Gasteiger partial charge in [-0.15, -0.1) is 0 Å². The monoisotopic (exact) mass is 344 g/mol. The number of nitriles is 1. The molecule has 3 nitrogen and oxygen atoms in total. The number of halogens is 1. The fourth-order valence-electron chi connectivity index (χ4n) is 1.86. The third-order valence-electron chi connectivity index (χ3n) is 3.06. The second-order valence-corrected chi connectivity index (χ2v) is 5.75. The van der Waals surface area contributed by atoms with Crippen LogP contribution in [0, 0.1) is 11.3 Å². The number of rotatable bonds is 5. The first-order valence-corrected chi connectivity index (χ1v) is 7.64. The Morgan fingerprint density at radius 2 is 2.05 bits per heavy atom. The van der Waals surface area contributed by atoms with E-state index in [1.165, 1.54) is 0 Å². The van der Waals surface area contributed by atoms with Crippen LogP contribution in [0.3, 0.4) is 0 Å². The van der Waals surface area contributed by atoms with Crippen molar-refractivity contribution in [3.05, 3.63) is 52.5 Å². The Morgan fingerprint density at radius 3 is 2.76 bits per heavy atom. The molecule has 0 spiro atoms. The SMILES string of the molecule is CCC(C)Oc1cccc(Nc2cc(Br)cc(C#N)c2)c1. The maximum Gasteiger partial charge on any atom is 0.121 e. The van der Waals surface area contributed by atoms with Crippen molar-refractivity contribution in [3.8, 4) is 11.8 Å². The lowest BCUT2D eigenvalue weighted by Crippen LogP contribution is -2.09. The summed E-state index contributed by atoms with van der Waals surface area (Å²) in [6.07, 6.45) is 1.16. The van der Waals surface area contributed by atoms with Crippen molar-refractivity contribution < 1.29 is 4.74 Å². The molecule has 0 saturated heterocycles. The summed E-state index contributed by atoms with van der Waals surface area (Å²) in [5.74, 6) is 0.838. The topological polar surface area (TPSA) is 45.0 Å². The van der Waals surface area contributed by atoms with Crippen molar-refractivity contribution in [3.63, 3.8) is 0 Å². The van der Waals surface area contributed by atoms with Gasteiger partial charge in [0.05, 0.1) is 17.7 Å². The van der Waals surface area contributed by atoms with Gasteiger partial charge in [0.15, 0.2) is 0 Å². The third-order valence-corrected chi connectivity index (χ3v) is 3.52. The van der Waals surface area contributed by atoms with Gasteiger partial charge >= 0.3 is 0 Å². The second kappa shape index (κ2) is 7.14. The van der Waals surface area contributed by atoms with Crippen LogP contribution in [0.4, 0.5) is 11.4 Å². The summed E-state index contributed by atoms with van der Waals surface area (Å²) < 4.78 is 6.68. The molecule has 0 radical (unpaired) electrons. The minimum Gasteiger partial charge on any atom is -0.491 e. The number of hydrogen-bond donors (Lipinski definition) is 1. The van der Waals surface area contributed by atoms with Crippen LogP contribution in [0.25, 0.3) is 0 Å². The van der Waals surface area contributed by atoms with E-state index in [4.69, 9.17) is 10.00 Å². The Hall–Kier alpha value is -1.99. The average Bonchev–Trinajstić information content (AvgIpc) is 2.46. The number of hydrogen-bond acceptors (Lipinski definition) is 3. The maximum atomic E-state index is 9.00. The molecule has 4 heteroatoms. The Labute approximate surface area is 133 Å². The number of nitrogens with zero attached hydrogens (tertiary/aromatic N) is 1. The van der Waals surface area contributed by atoms with Crippen LogP contribution in [0.2, 0.25) is 0 Å². The highest BCUT2D eigenvalue weighted by Gasteiger charge is 2.04. The lowest BCUT2D eigenvalue weighted by Gasteiger charge is -2.14. The van der Waals surface area contributed by atoms with Crippen molar-refractivity contribution in [2.45, 2.75) is 26.4 Å². The quantitative estimate of drug-likeness (QED) is 0.806. The lowest BCUT2D eigenvalue weighted by molar-refractivity contribution is 0.217. The van der Waals surface area contributed by atoms with Gasteiger partial charge in [-0.05, 0) is 43.7 Å². The van der Waals surface area contributed by atoms with E-state index in [0.29, 0.717) is 5.56 Å². The Morgan fingerprint density at radius 1 is 1.24 bits per heavy atom. The minimum atomic E-state index is 0.191. The molecule has 2 aromatic rings. The van der Waals surface area contributed by atoms with Crippen molar-refractivity contribution in [2.75, 3.05) is 5.32 Å². The summed E-state index contributed by atoms with van der Waals surface area (Å²) in [5.41, 5.74) is 2.40. The molecule has 0 aliphatic rings. The summed E-state index contributed by atoms with van der Waals surface area (Å²) in [6, 6.07) is 15.5. The van der Waals surface area contributed by atoms with E-state index in [9.17, 15) is 0 Å². The largest absolute Gasteiger partial charge is 0.491 e. The first-order valence-electron chi connectivity index (χ1n) is 6.85. The number of benzene rings is 2. The molecule has 0 fully saturated rings. The zero-order chi connectivity index (χ0) is 15.2. The van der Waals surface area contributed by atoms with E-state index in [1.807, 2.05) is 43.3 Å². The van der Waals surface area contributed by atoms with E-state index in [0.717, 1.165) is 28.0 Å². The molecule has 21 heavy (non-hydrogen) atoms. The van der Waals surface area contributed by atoms with Crippen LogP contribution in [0.15, 0.2) is 46.9 Å². The average molecular weight is 345 g/mol. The molecule has 1 unspecified atom stereocenters. The van der Waals surface area contributed by atoms with Crippen LogP contribution in [-0.2, 0) is 0 Å². The number of ether oxygens (including phenoxy) is 1. The second-order valence-electron chi connectivity index (χ2n) is 4.83. The van der Waals surface area contributed by atoms with Gasteiger partial charge in [-0.1, -0.05) is 28.9 Å². The molecular weight excluding hydrogens is 328 g/mol. The summed E-state index contributed by atoms with van der Waals surface area (Å²) in [6.45, 7) is 4.14. The van der Waals surface area contributed by atoms with E-state index in [2.05, 4.69) is 34.2 Å². The van der Waals surface area contributed by atoms with Crippen molar-refractivity contribution in [1.82, 2.24) is 0 Å². The molecule has 0 amide bonds. The Bertz CT molecular complexity index is 664. The van der Waals surface area contributed by atoms with E-state index in [-0.39, 0.29) is 6.10 Å². The number of anilines is 2. The maximum absolute atomic E-state index is 9.00. The molecule has 2 rings (SSSR count). The smallest absolute Gasteiger partial charge is 0.121 e. The first kappa shape index (κ1) is 15.4. The van der Waals surface area contributed by atoms with Crippen LogP contribution in [0.1, 0.15) is 25.8 Å². The molecule has 2 aromatic carbocycles. The van der Waals surface area contributed by atoms with Gasteiger partial charge in [-0.25, -0.2) is 0 Å². The minimum absolute atomic E-state index is 0.191. The molecule has 0 aliphatic heterocycles. The standard InChI is InChI=1S/C17H17BrN2O/c1-3-12(2)21-17-6-4-5-15(10-17)20-16-8-13(11-19)7-14(18)9-16/h4-10,12,20H,3H2,1-2H3. The van der Waals surface area contributed by atoms with Gasteiger partial charge in [0.25, 0.3) is 0 Å². The van der Waals surface area contributed by atoms with Gasteiger partial charge in [-0.3, -0.25) is 0 Å². The zero-order valence-electron chi connectivity index (χ0n) is 12.1. The Balaban J connectivity index is 2.18. The highest BCUT2D eigenvalue weighted by molar-refractivity contribution is 9.10. The summed E-state index contributed by atoms with van der Waals surface area (Å²) in [5, 5.41) is 12.3. The van der Waals surface area contributed by atoms with Gasteiger partial charge in [0, 0.05) is 21.9 Å². The fraction of sp³-hybridized carbons (Fsp3) is 0.235. The van der Waals surface area contributed by atoms with Gasteiger partial charge in [0.2, 0.25) is 0 Å². The molecule has 0 aliphatic carbocycles. The molecule has 1 atom stereocenters. The summed E-state index contributed by atoms with van der Waals surface area (Å²) in [7, 11) is 0. The van der Waals surface area contributed by atoms with Crippen LogP contribution < -0.4 is 10.1 Å². The highest BCUT2D eigenvalue weighted by Crippen LogP contribution is 2.25. The lowest BCUT2D eigenvalue weighted by atomic mass is 10.2. The molecule has 0 aromatic heterocycles. The Kier molecular flexibility index (Phi) is 5.24. The van der Waals surface area contributed by atoms with Crippen molar-refractivity contribution in [1.29, 1.82) is 5.26 Å². The van der Waals surface area contributed by atoms with Crippen molar-refractivity contribution in [2.24, 2.45) is 0 Å². The molecule has 0 bridgehead atoms. The summed E-state index contributed by atoms with van der Waals surface area (Å²) >= 11 is 3.41. The van der Waals surface area contributed by atoms with E-state index < -0.39 is 0 Å². The molecule has 108 valence electrons. The van der Waals surface area contributed by atoms with E-state index in [1.54, 1.807) is 6.07 Å². The predicted octanol–water partition coefficient (Wildman–Crippen LogP) is 5.24. The van der Waals surface area contributed by atoms with Gasteiger partial charge < -0.3 is 10.1 Å². The first-order chi connectivity index (χ1) is 10.1. The zero-order valence-corrected chi connectivity index (χ0v) is 13.6. The molecule has 1 N–H and O–H groups in total. The summed E-state index contributed by atoms with van der Waals surface area (Å²) in [4.78, 5) is 0. The highest BCUT2D eigenvalue weighted by atomic mass is 79.9. The van der Waals surface area contributed by atoms with Crippen LogP contribution in [0.5, 0.6) is 5.75 Å². The van der Waals surface area contributed by atoms with Crippen LogP contribution in [-0.4, -0.2) is 6.10 Å². The predicted molar refractivity (Wildman–Crippen MR) is 89.0 cm³/mol.